The van der Waals surface area contributed by atoms with Crippen molar-refractivity contribution in [2.24, 2.45) is 4.99 Å². The Morgan fingerprint density at radius 2 is 1.79 bits per heavy atom. The molecule has 0 amide bonds. The van der Waals surface area contributed by atoms with Gasteiger partial charge in [-0.25, -0.2) is 4.99 Å². The van der Waals surface area contributed by atoms with Crippen molar-refractivity contribution in [1.29, 1.82) is 0 Å². The lowest BCUT2D eigenvalue weighted by Gasteiger charge is -2.30. The van der Waals surface area contributed by atoms with Crippen LogP contribution in [0.1, 0.15) is 5.56 Å². The molecular formula is C19H23N3O2. The van der Waals surface area contributed by atoms with Crippen LogP contribution in [0.4, 0.5) is 5.69 Å². The molecule has 1 fully saturated rings. The van der Waals surface area contributed by atoms with E-state index in [9.17, 15) is 0 Å². The van der Waals surface area contributed by atoms with Crippen LogP contribution in [-0.4, -0.2) is 44.3 Å². The third-order valence-corrected chi connectivity index (χ3v) is 3.91. The minimum Gasteiger partial charge on any atom is -0.497 e. The molecule has 1 aliphatic rings. The van der Waals surface area contributed by atoms with Gasteiger partial charge in [0.05, 0.1) is 26.9 Å². The van der Waals surface area contributed by atoms with Crippen molar-refractivity contribution in [2.45, 2.75) is 6.54 Å². The zero-order valence-electron chi connectivity index (χ0n) is 13.9. The quantitative estimate of drug-likeness (QED) is 0.693. The fourth-order valence-electron chi connectivity index (χ4n) is 2.55. The summed E-state index contributed by atoms with van der Waals surface area (Å²) in [6.45, 7) is 3.80. The number of rotatable bonds is 4. The molecule has 0 radical (unpaired) electrons. The first kappa shape index (κ1) is 16.3. The number of nitrogens with zero attached hydrogens (tertiary/aromatic N) is 2. The second-order valence-corrected chi connectivity index (χ2v) is 5.58. The predicted octanol–water partition coefficient (Wildman–Crippen LogP) is 3.00. The summed E-state index contributed by atoms with van der Waals surface area (Å²) in [6, 6.07) is 18.2. The number of hydrogen-bond donors (Lipinski definition) is 1. The lowest BCUT2D eigenvalue weighted by atomic mass is 10.2. The van der Waals surface area contributed by atoms with Crippen molar-refractivity contribution in [2.75, 3.05) is 38.7 Å². The maximum absolute atomic E-state index is 5.45. The van der Waals surface area contributed by atoms with Crippen molar-refractivity contribution < 1.29 is 9.47 Å². The molecule has 0 aromatic heterocycles. The van der Waals surface area contributed by atoms with Crippen LogP contribution in [0.2, 0.25) is 0 Å². The van der Waals surface area contributed by atoms with Gasteiger partial charge in [0.1, 0.15) is 5.75 Å². The number of benzene rings is 2. The summed E-state index contributed by atoms with van der Waals surface area (Å²) in [5.74, 6) is 1.72. The Kier molecular flexibility index (Phi) is 5.69. The average molecular weight is 325 g/mol. The second-order valence-electron chi connectivity index (χ2n) is 5.58. The third-order valence-electron chi connectivity index (χ3n) is 3.91. The smallest absolute Gasteiger partial charge is 0.198 e. The summed E-state index contributed by atoms with van der Waals surface area (Å²) in [5, 5.41) is 3.44. The molecule has 1 saturated heterocycles. The summed E-state index contributed by atoms with van der Waals surface area (Å²) >= 11 is 0. The summed E-state index contributed by atoms with van der Waals surface area (Å²) < 4.78 is 10.7. The Bertz CT molecular complexity index is 650. The molecule has 0 aliphatic carbocycles. The summed E-state index contributed by atoms with van der Waals surface area (Å²) in [6.07, 6.45) is 0. The van der Waals surface area contributed by atoms with Gasteiger partial charge in [-0.2, -0.15) is 0 Å². The van der Waals surface area contributed by atoms with Crippen molar-refractivity contribution in [1.82, 2.24) is 4.90 Å². The van der Waals surface area contributed by atoms with Crippen molar-refractivity contribution in [3.05, 3.63) is 60.2 Å². The van der Waals surface area contributed by atoms with E-state index < -0.39 is 0 Å². The highest BCUT2D eigenvalue weighted by molar-refractivity contribution is 5.93. The molecule has 1 N–H and O–H groups in total. The highest BCUT2D eigenvalue weighted by atomic mass is 16.5. The molecule has 5 heteroatoms. The Balaban J connectivity index is 1.75. The van der Waals surface area contributed by atoms with Crippen LogP contribution >= 0.6 is 0 Å². The molecule has 2 aromatic rings. The first-order valence-corrected chi connectivity index (χ1v) is 8.17. The fraction of sp³-hybridized carbons (Fsp3) is 0.316. The topological polar surface area (TPSA) is 46.1 Å². The van der Waals surface area contributed by atoms with Crippen LogP contribution in [0.5, 0.6) is 5.75 Å². The molecule has 1 heterocycles. The number of nitrogens with one attached hydrogen (secondary N) is 1. The Hall–Kier alpha value is -2.53. The van der Waals surface area contributed by atoms with E-state index in [1.807, 2.05) is 42.5 Å². The molecule has 0 saturated carbocycles. The van der Waals surface area contributed by atoms with E-state index in [1.54, 1.807) is 7.11 Å². The van der Waals surface area contributed by atoms with Crippen LogP contribution < -0.4 is 10.1 Å². The zero-order chi connectivity index (χ0) is 16.6. The molecule has 0 atom stereocenters. The zero-order valence-corrected chi connectivity index (χ0v) is 13.9. The van der Waals surface area contributed by atoms with E-state index in [1.165, 1.54) is 5.56 Å². The minimum atomic E-state index is 0.649. The Morgan fingerprint density at radius 1 is 1.08 bits per heavy atom. The standard InChI is InChI=1S/C19H23N3O2/c1-23-18-9-7-17(8-10-18)21-19(22-11-13-24-14-12-22)20-15-16-5-3-2-4-6-16/h2-10H,11-15H2,1H3,(H,20,21). The normalized spacial score (nSPS) is 15.2. The van der Waals surface area contributed by atoms with Crippen LogP contribution in [0, 0.1) is 0 Å². The summed E-state index contributed by atoms with van der Waals surface area (Å²) in [4.78, 5) is 7.03. The van der Waals surface area contributed by atoms with Crippen molar-refractivity contribution in [3.63, 3.8) is 0 Å². The van der Waals surface area contributed by atoms with Gasteiger partial charge >= 0.3 is 0 Å². The summed E-state index contributed by atoms with van der Waals surface area (Å²) in [5.41, 5.74) is 2.19. The molecule has 126 valence electrons. The molecule has 0 bridgehead atoms. The van der Waals surface area contributed by atoms with Gasteiger partial charge in [0.25, 0.3) is 0 Å². The predicted molar refractivity (Wildman–Crippen MR) is 96.6 cm³/mol. The monoisotopic (exact) mass is 325 g/mol. The Morgan fingerprint density at radius 3 is 2.46 bits per heavy atom. The average Bonchev–Trinajstić information content (AvgIpc) is 2.67. The van der Waals surface area contributed by atoms with Crippen molar-refractivity contribution in [3.8, 4) is 5.75 Å². The first-order valence-electron chi connectivity index (χ1n) is 8.17. The van der Waals surface area contributed by atoms with E-state index in [4.69, 9.17) is 14.5 Å². The number of guanidine groups is 1. The largest absolute Gasteiger partial charge is 0.497 e. The maximum atomic E-state index is 5.45. The van der Waals surface area contributed by atoms with Gasteiger partial charge in [-0.3, -0.25) is 0 Å². The second kappa shape index (κ2) is 8.36. The number of morpholine rings is 1. The molecule has 0 unspecified atom stereocenters. The molecule has 1 aliphatic heterocycles. The van der Waals surface area contributed by atoms with Crippen LogP contribution in [0.3, 0.4) is 0 Å². The maximum Gasteiger partial charge on any atom is 0.198 e. The van der Waals surface area contributed by atoms with Gasteiger partial charge in [0.2, 0.25) is 0 Å². The lowest BCUT2D eigenvalue weighted by molar-refractivity contribution is 0.0679. The van der Waals surface area contributed by atoms with E-state index >= 15 is 0 Å². The molecule has 3 rings (SSSR count). The van der Waals surface area contributed by atoms with E-state index in [2.05, 4.69) is 22.3 Å². The lowest BCUT2D eigenvalue weighted by Crippen LogP contribution is -2.44. The molecular weight excluding hydrogens is 302 g/mol. The number of aliphatic imine (C=N–C) groups is 1. The van der Waals surface area contributed by atoms with Gasteiger partial charge in [0.15, 0.2) is 5.96 Å². The van der Waals surface area contributed by atoms with Gasteiger partial charge in [-0.15, -0.1) is 0 Å². The number of anilines is 1. The van der Waals surface area contributed by atoms with Crippen LogP contribution in [0.25, 0.3) is 0 Å². The third kappa shape index (κ3) is 4.49. The number of ether oxygens (including phenoxy) is 2. The van der Waals surface area contributed by atoms with Gasteiger partial charge in [-0.1, -0.05) is 30.3 Å². The fourth-order valence-corrected chi connectivity index (χ4v) is 2.55. The minimum absolute atomic E-state index is 0.649. The number of hydrogen-bond acceptors (Lipinski definition) is 3. The van der Waals surface area contributed by atoms with E-state index in [-0.39, 0.29) is 0 Å². The van der Waals surface area contributed by atoms with Gasteiger partial charge in [-0.05, 0) is 29.8 Å². The SMILES string of the molecule is COc1ccc(NC(=NCc2ccccc2)N2CCOCC2)cc1. The molecule has 2 aromatic carbocycles. The molecule has 5 nitrogen and oxygen atoms in total. The molecule has 0 spiro atoms. The highest BCUT2D eigenvalue weighted by Crippen LogP contribution is 2.16. The van der Waals surface area contributed by atoms with Gasteiger partial charge in [0, 0.05) is 18.8 Å². The van der Waals surface area contributed by atoms with E-state index in [0.29, 0.717) is 6.54 Å². The van der Waals surface area contributed by atoms with E-state index in [0.717, 1.165) is 43.7 Å². The summed E-state index contributed by atoms with van der Waals surface area (Å²) in [7, 11) is 1.67. The highest BCUT2D eigenvalue weighted by Gasteiger charge is 2.15. The van der Waals surface area contributed by atoms with Crippen LogP contribution in [0.15, 0.2) is 59.6 Å². The number of methoxy groups -OCH3 is 1. The first-order chi connectivity index (χ1) is 11.8. The van der Waals surface area contributed by atoms with Crippen LogP contribution in [-0.2, 0) is 11.3 Å². The van der Waals surface area contributed by atoms with Crippen molar-refractivity contribution >= 4 is 11.6 Å². The van der Waals surface area contributed by atoms with Gasteiger partial charge < -0.3 is 19.7 Å². The molecule has 24 heavy (non-hydrogen) atoms. The Labute approximate surface area is 142 Å².